The number of rotatable bonds is 7. The molecule has 0 amide bonds. The predicted molar refractivity (Wildman–Crippen MR) is 140 cm³/mol. The van der Waals surface area contributed by atoms with Gasteiger partial charge >= 0.3 is 0 Å². The van der Waals surface area contributed by atoms with Gasteiger partial charge in [-0.1, -0.05) is 0 Å². The van der Waals surface area contributed by atoms with E-state index in [-0.39, 0.29) is 12.2 Å². The second-order valence-electron chi connectivity index (χ2n) is 11.3. The smallest absolute Gasteiger partial charge is 0.213 e. The summed E-state index contributed by atoms with van der Waals surface area (Å²) >= 11 is 0. The first-order valence-corrected chi connectivity index (χ1v) is 12.9. The van der Waals surface area contributed by atoms with Crippen LogP contribution in [0.25, 0.3) is 22.5 Å². The maximum atomic E-state index is 15.1. The Hall–Kier alpha value is -3.65. The van der Waals surface area contributed by atoms with Crippen molar-refractivity contribution >= 4 is 0 Å². The Morgan fingerprint density at radius 3 is 2.55 bits per heavy atom. The molecule has 4 aromatic rings. The Morgan fingerprint density at radius 1 is 1.05 bits per heavy atom. The highest BCUT2D eigenvalue weighted by atomic mass is 19.1. The van der Waals surface area contributed by atoms with Crippen molar-refractivity contribution in [2.24, 2.45) is 5.92 Å². The van der Waals surface area contributed by atoms with E-state index in [0.29, 0.717) is 35.3 Å². The molecule has 2 aromatic carbocycles. The van der Waals surface area contributed by atoms with Crippen molar-refractivity contribution in [2.45, 2.75) is 65.2 Å². The van der Waals surface area contributed by atoms with Crippen LogP contribution in [0.4, 0.5) is 8.78 Å². The Morgan fingerprint density at radius 2 is 1.82 bits per heavy atom. The molecule has 0 bridgehead atoms. The van der Waals surface area contributed by atoms with Crippen LogP contribution in [0.15, 0.2) is 42.9 Å². The van der Waals surface area contributed by atoms with E-state index in [2.05, 4.69) is 15.1 Å². The molecule has 0 saturated heterocycles. The zero-order chi connectivity index (χ0) is 26.8. The molecule has 2 aliphatic carbocycles. The van der Waals surface area contributed by atoms with Crippen LogP contribution in [0.1, 0.15) is 54.0 Å². The summed E-state index contributed by atoms with van der Waals surface area (Å²) in [6.07, 6.45) is 5.76. The quantitative estimate of drug-likeness (QED) is 0.331. The van der Waals surface area contributed by atoms with Crippen LogP contribution < -0.4 is 4.74 Å². The highest BCUT2D eigenvalue weighted by Gasteiger charge is 2.45. The van der Waals surface area contributed by atoms with Crippen molar-refractivity contribution in [3.63, 3.8) is 0 Å². The van der Waals surface area contributed by atoms with Crippen LogP contribution in [-0.2, 0) is 19.6 Å². The van der Waals surface area contributed by atoms with Crippen molar-refractivity contribution in [3.05, 3.63) is 82.3 Å². The van der Waals surface area contributed by atoms with Crippen molar-refractivity contribution in [1.29, 1.82) is 0 Å². The van der Waals surface area contributed by atoms with Crippen LogP contribution in [0.5, 0.6) is 5.88 Å². The molecule has 1 saturated carbocycles. The molecule has 0 aliphatic heterocycles. The topological polar surface area (TPSA) is 73.1 Å². The van der Waals surface area contributed by atoms with Crippen molar-refractivity contribution in [2.75, 3.05) is 0 Å². The maximum Gasteiger partial charge on any atom is 0.213 e. The maximum absolute atomic E-state index is 15.1. The van der Waals surface area contributed by atoms with Crippen LogP contribution >= 0.6 is 0 Å². The van der Waals surface area contributed by atoms with E-state index >= 15 is 4.39 Å². The van der Waals surface area contributed by atoms with Gasteiger partial charge in [-0.2, -0.15) is 5.10 Å². The molecule has 2 heterocycles. The molecular formula is C30H30F2N4O2. The molecule has 2 aliphatic rings. The normalized spacial score (nSPS) is 17.9. The van der Waals surface area contributed by atoms with Gasteiger partial charge in [0.1, 0.15) is 24.6 Å². The number of benzene rings is 2. The number of pyridine rings is 1. The summed E-state index contributed by atoms with van der Waals surface area (Å²) < 4.78 is 37.3. The molecule has 38 heavy (non-hydrogen) atoms. The molecule has 0 spiro atoms. The lowest BCUT2D eigenvalue weighted by Crippen LogP contribution is -2.26. The molecule has 2 aromatic heterocycles. The lowest BCUT2D eigenvalue weighted by Gasteiger charge is -2.16. The van der Waals surface area contributed by atoms with Gasteiger partial charge in [-0.3, -0.25) is 0 Å². The Bertz CT molecular complexity index is 1530. The van der Waals surface area contributed by atoms with Gasteiger partial charge in [0.2, 0.25) is 5.88 Å². The summed E-state index contributed by atoms with van der Waals surface area (Å²) in [6, 6.07) is 8.19. The van der Waals surface area contributed by atoms with E-state index in [4.69, 9.17) is 4.74 Å². The van der Waals surface area contributed by atoms with Gasteiger partial charge in [-0.25, -0.2) is 23.4 Å². The van der Waals surface area contributed by atoms with Crippen molar-refractivity contribution in [1.82, 2.24) is 19.7 Å². The number of ether oxygens (including phenoxy) is 1. The number of fused-ring (bicyclic) bond motifs is 3. The molecular weight excluding hydrogens is 486 g/mol. The number of aromatic nitrogens is 4. The SMILES string of the molecule is Cc1cc(-c2ncn(CC(C)(C)O)n2)cc(C)c1-c1cc(COc2cc3c(cn2)C2CC2C3)c(F)cc1F. The van der Waals surface area contributed by atoms with Gasteiger partial charge in [0.15, 0.2) is 5.82 Å². The van der Waals surface area contributed by atoms with Gasteiger partial charge in [0.05, 0.1) is 12.1 Å². The highest BCUT2D eigenvalue weighted by Crippen LogP contribution is 2.56. The molecule has 2 unspecified atom stereocenters. The lowest BCUT2D eigenvalue weighted by atomic mass is 9.92. The van der Waals surface area contributed by atoms with Crippen LogP contribution in [-0.4, -0.2) is 30.5 Å². The Balaban J connectivity index is 1.26. The first-order chi connectivity index (χ1) is 18.1. The average molecular weight is 517 g/mol. The fourth-order valence-corrected chi connectivity index (χ4v) is 5.68. The Labute approximate surface area is 220 Å². The largest absolute Gasteiger partial charge is 0.473 e. The van der Waals surface area contributed by atoms with Crippen LogP contribution in [0, 0.1) is 31.4 Å². The predicted octanol–water partition coefficient (Wildman–Crippen LogP) is 5.91. The molecule has 0 radical (unpaired) electrons. The average Bonchev–Trinajstić information content (AvgIpc) is 3.28. The van der Waals surface area contributed by atoms with Gasteiger partial charge in [0, 0.05) is 35.0 Å². The molecule has 8 heteroatoms. The van der Waals surface area contributed by atoms with Gasteiger partial charge < -0.3 is 9.84 Å². The molecule has 196 valence electrons. The zero-order valence-corrected chi connectivity index (χ0v) is 21.9. The van der Waals surface area contributed by atoms with Gasteiger partial charge in [-0.05, 0) is 98.4 Å². The minimum absolute atomic E-state index is 0.0451. The molecule has 1 N–H and O–H groups in total. The summed E-state index contributed by atoms with van der Waals surface area (Å²) in [5.74, 6) is 1.09. The van der Waals surface area contributed by atoms with E-state index in [1.54, 1.807) is 24.9 Å². The molecule has 1 fully saturated rings. The first-order valence-electron chi connectivity index (χ1n) is 12.9. The van der Waals surface area contributed by atoms with E-state index in [9.17, 15) is 9.50 Å². The van der Waals surface area contributed by atoms with E-state index in [1.165, 1.54) is 23.6 Å². The fraction of sp³-hybridized carbons (Fsp3) is 0.367. The summed E-state index contributed by atoms with van der Waals surface area (Å²) in [4.78, 5) is 8.79. The molecule has 6 nitrogen and oxygen atoms in total. The van der Waals surface area contributed by atoms with Crippen LogP contribution in [0.2, 0.25) is 0 Å². The minimum atomic E-state index is -0.918. The molecule has 6 rings (SSSR count). The third-order valence-corrected chi connectivity index (χ3v) is 7.46. The van der Waals surface area contributed by atoms with E-state index in [0.717, 1.165) is 35.1 Å². The standard InChI is InChI=1S/C30H30F2N4O2/c1-16-5-20(29-34-15-36(35-29)14-30(3,4)37)6-17(2)28(16)23-9-21(25(31)11-26(23)32)13-38-27-10-19-7-18-8-22(18)24(19)12-33-27/h5-6,9-12,15,18,22,37H,7-8,13-14H2,1-4H3. The fourth-order valence-electron chi connectivity index (χ4n) is 5.68. The second kappa shape index (κ2) is 8.98. The van der Waals surface area contributed by atoms with E-state index < -0.39 is 17.2 Å². The van der Waals surface area contributed by atoms with Crippen molar-refractivity contribution in [3.8, 4) is 28.4 Å². The number of nitrogens with zero attached hydrogens (tertiary/aromatic N) is 4. The third-order valence-electron chi connectivity index (χ3n) is 7.46. The van der Waals surface area contributed by atoms with Crippen LogP contribution in [0.3, 0.4) is 0 Å². The highest BCUT2D eigenvalue weighted by molar-refractivity contribution is 5.76. The monoisotopic (exact) mass is 516 g/mol. The second-order valence-corrected chi connectivity index (χ2v) is 11.3. The summed E-state index contributed by atoms with van der Waals surface area (Å²) in [5.41, 5.74) is 5.34. The molecule has 2 atom stereocenters. The minimum Gasteiger partial charge on any atom is -0.473 e. The van der Waals surface area contributed by atoms with Gasteiger partial charge in [0.25, 0.3) is 0 Å². The number of aryl methyl sites for hydroxylation is 2. The van der Waals surface area contributed by atoms with Crippen molar-refractivity contribution < 1.29 is 18.6 Å². The van der Waals surface area contributed by atoms with Gasteiger partial charge in [-0.15, -0.1) is 0 Å². The van der Waals surface area contributed by atoms with E-state index in [1.807, 2.05) is 38.2 Å². The summed E-state index contributed by atoms with van der Waals surface area (Å²) in [6.45, 7) is 7.45. The number of hydrogen-bond donors (Lipinski definition) is 1. The Kier molecular flexibility index (Phi) is 5.83. The number of halogens is 2. The summed E-state index contributed by atoms with van der Waals surface area (Å²) in [5, 5.41) is 14.5. The number of aliphatic hydroxyl groups is 1. The zero-order valence-electron chi connectivity index (χ0n) is 21.9. The number of hydrogen-bond acceptors (Lipinski definition) is 5. The first kappa shape index (κ1) is 24.7. The lowest BCUT2D eigenvalue weighted by molar-refractivity contribution is 0.0577. The third kappa shape index (κ3) is 4.69. The summed E-state index contributed by atoms with van der Waals surface area (Å²) in [7, 11) is 0.